The van der Waals surface area contributed by atoms with Crippen molar-refractivity contribution in [3.63, 3.8) is 0 Å². The van der Waals surface area contributed by atoms with Gasteiger partial charge in [0, 0.05) is 18.1 Å². The van der Waals surface area contributed by atoms with E-state index in [0.29, 0.717) is 24.0 Å². The largest absolute Gasteiger partial charge is 0.312 e. The lowest BCUT2D eigenvalue weighted by Gasteiger charge is -2.46. The molecule has 1 fully saturated rings. The molecule has 1 aromatic rings. The third-order valence-corrected chi connectivity index (χ3v) is 5.07. The molecule has 0 aromatic heterocycles. The van der Waals surface area contributed by atoms with Gasteiger partial charge in [-0.05, 0) is 50.8 Å². The van der Waals surface area contributed by atoms with Gasteiger partial charge in [-0.25, -0.2) is 0 Å². The molecule has 2 nitrogen and oxygen atoms in total. The Hall–Kier alpha value is -0.860. The molecule has 0 radical (unpaired) electrons. The predicted molar refractivity (Wildman–Crippen MR) is 91.4 cm³/mol. The van der Waals surface area contributed by atoms with Crippen LogP contribution in [-0.4, -0.2) is 30.6 Å². The molecule has 4 atom stereocenters. The molecule has 1 aliphatic heterocycles. The van der Waals surface area contributed by atoms with E-state index in [1.807, 2.05) is 0 Å². The third kappa shape index (κ3) is 3.87. The second-order valence-corrected chi connectivity index (χ2v) is 7.13. The van der Waals surface area contributed by atoms with Gasteiger partial charge >= 0.3 is 0 Å². The molecular formula is C19H32N2. The summed E-state index contributed by atoms with van der Waals surface area (Å²) in [6.45, 7) is 10.8. The number of likely N-dealkylation sites (N-methyl/N-ethyl adjacent to an activating group) is 1. The lowest BCUT2D eigenvalue weighted by atomic mass is 9.85. The highest BCUT2D eigenvalue weighted by atomic mass is 15.2. The van der Waals surface area contributed by atoms with E-state index in [1.165, 1.54) is 24.9 Å². The minimum Gasteiger partial charge on any atom is -0.312 e. The molecular weight excluding hydrogens is 256 g/mol. The van der Waals surface area contributed by atoms with Crippen molar-refractivity contribution in [1.82, 2.24) is 10.2 Å². The molecule has 1 N–H and O–H groups in total. The van der Waals surface area contributed by atoms with Crippen LogP contribution in [0.5, 0.6) is 0 Å². The quantitative estimate of drug-likeness (QED) is 0.878. The van der Waals surface area contributed by atoms with Crippen LogP contribution in [0.1, 0.15) is 52.1 Å². The van der Waals surface area contributed by atoms with Crippen molar-refractivity contribution in [2.45, 2.75) is 58.7 Å². The van der Waals surface area contributed by atoms with Crippen molar-refractivity contribution in [3.05, 3.63) is 35.9 Å². The van der Waals surface area contributed by atoms with Gasteiger partial charge in [0.1, 0.15) is 0 Å². The van der Waals surface area contributed by atoms with E-state index in [9.17, 15) is 0 Å². The highest BCUT2D eigenvalue weighted by molar-refractivity contribution is 5.21. The van der Waals surface area contributed by atoms with E-state index in [4.69, 9.17) is 0 Å². The molecule has 21 heavy (non-hydrogen) atoms. The van der Waals surface area contributed by atoms with Gasteiger partial charge in [0.05, 0.1) is 0 Å². The summed E-state index contributed by atoms with van der Waals surface area (Å²) < 4.78 is 0. The van der Waals surface area contributed by atoms with Crippen LogP contribution in [0.25, 0.3) is 0 Å². The minimum atomic E-state index is 0.405. The van der Waals surface area contributed by atoms with Crippen molar-refractivity contribution in [2.75, 3.05) is 13.6 Å². The number of rotatable bonds is 5. The number of benzene rings is 1. The standard InChI is InChI=1S/C19H32N2/c1-14(2)19(21-12-11-15(3)13-16(21)4)18(20-5)17-9-7-6-8-10-17/h6-10,14-16,18-20H,11-13H2,1-5H3. The van der Waals surface area contributed by atoms with Gasteiger partial charge in [-0.2, -0.15) is 0 Å². The highest BCUT2D eigenvalue weighted by Gasteiger charge is 2.35. The van der Waals surface area contributed by atoms with Crippen molar-refractivity contribution in [3.8, 4) is 0 Å². The van der Waals surface area contributed by atoms with Gasteiger partial charge in [0.25, 0.3) is 0 Å². The number of hydrogen-bond donors (Lipinski definition) is 1. The van der Waals surface area contributed by atoms with Crippen molar-refractivity contribution < 1.29 is 0 Å². The number of nitrogens with one attached hydrogen (secondary N) is 1. The maximum absolute atomic E-state index is 3.59. The van der Waals surface area contributed by atoms with Gasteiger partial charge in [0.2, 0.25) is 0 Å². The molecule has 118 valence electrons. The monoisotopic (exact) mass is 288 g/mol. The topological polar surface area (TPSA) is 15.3 Å². The molecule has 0 spiro atoms. The smallest absolute Gasteiger partial charge is 0.0478 e. The molecule has 0 bridgehead atoms. The summed E-state index contributed by atoms with van der Waals surface area (Å²) in [6.07, 6.45) is 2.66. The Kier molecular flexibility index (Phi) is 5.83. The van der Waals surface area contributed by atoms with E-state index in [-0.39, 0.29) is 0 Å². The normalized spacial score (nSPS) is 26.8. The molecule has 4 unspecified atom stereocenters. The number of likely N-dealkylation sites (tertiary alicyclic amines) is 1. The Labute approximate surface area is 130 Å². The van der Waals surface area contributed by atoms with Crippen LogP contribution in [0.3, 0.4) is 0 Å². The minimum absolute atomic E-state index is 0.405. The molecule has 0 amide bonds. The van der Waals surface area contributed by atoms with Crippen LogP contribution in [0, 0.1) is 11.8 Å². The maximum atomic E-state index is 3.59. The van der Waals surface area contributed by atoms with E-state index in [0.717, 1.165) is 5.92 Å². The second kappa shape index (κ2) is 7.42. The Balaban J connectivity index is 2.25. The van der Waals surface area contributed by atoms with Crippen LogP contribution in [0.2, 0.25) is 0 Å². The van der Waals surface area contributed by atoms with E-state index in [1.54, 1.807) is 0 Å². The molecule has 0 saturated carbocycles. The van der Waals surface area contributed by atoms with Crippen LogP contribution < -0.4 is 5.32 Å². The first-order valence-corrected chi connectivity index (χ1v) is 8.52. The Morgan fingerprint density at radius 1 is 1.14 bits per heavy atom. The van der Waals surface area contributed by atoms with Gasteiger partial charge in [0.15, 0.2) is 0 Å². The zero-order chi connectivity index (χ0) is 15.4. The second-order valence-electron chi connectivity index (χ2n) is 7.13. The summed E-state index contributed by atoms with van der Waals surface area (Å²) in [5, 5.41) is 3.59. The summed E-state index contributed by atoms with van der Waals surface area (Å²) in [6, 6.07) is 12.6. The number of nitrogens with zero attached hydrogens (tertiary/aromatic N) is 1. The van der Waals surface area contributed by atoms with Crippen LogP contribution in [0.15, 0.2) is 30.3 Å². The van der Waals surface area contributed by atoms with Gasteiger partial charge in [-0.3, -0.25) is 4.90 Å². The average Bonchev–Trinajstić information content (AvgIpc) is 2.46. The highest BCUT2D eigenvalue weighted by Crippen LogP contribution is 2.32. The molecule has 0 aliphatic carbocycles. The first-order valence-electron chi connectivity index (χ1n) is 8.52. The zero-order valence-corrected chi connectivity index (χ0v) is 14.3. The van der Waals surface area contributed by atoms with Gasteiger partial charge in [-0.15, -0.1) is 0 Å². The molecule has 1 aliphatic rings. The summed E-state index contributed by atoms with van der Waals surface area (Å²) in [7, 11) is 2.10. The van der Waals surface area contributed by atoms with E-state index < -0.39 is 0 Å². The number of piperidine rings is 1. The maximum Gasteiger partial charge on any atom is 0.0478 e. The SMILES string of the molecule is CNC(c1ccccc1)C(C(C)C)N1CCC(C)CC1C. The Morgan fingerprint density at radius 2 is 1.81 bits per heavy atom. The zero-order valence-electron chi connectivity index (χ0n) is 14.3. The molecule has 2 rings (SSSR count). The fraction of sp³-hybridized carbons (Fsp3) is 0.684. The van der Waals surface area contributed by atoms with E-state index in [2.05, 4.69) is 75.3 Å². The Morgan fingerprint density at radius 3 is 2.33 bits per heavy atom. The molecule has 1 aromatic carbocycles. The van der Waals surface area contributed by atoms with Crippen molar-refractivity contribution in [1.29, 1.82) is 0 Å². The summed E-state index contributed by atoms with van der Waals surface area (Å²) in [5.41, 5.74) is 1.41. The Bertz CT molecular complexity index is 415. The average molecular weight is 288 g/mol. The van der Waals surface area contributed by atoms with Crippen LogP contribution in [0.4, 0.5) is 0 Å². The molecule has 2 heteroatoms. The fourth-order valence-corrected chi connectivity index (χ4v) is 4.02. The summed E-state index contributed by atoms with van der Waals surface area (Å²) in [5.74, 6) is 1.51. The predicted octanol–water partition coefficient (Wildman–Crippen LogP) is 4.09. The molecule has 1 heterocycles. The first-order chi connectivity index (χ1) is 10.0. The third-order valence-electron chi connectivity index (χ3n) is 5.07. The van der Waals surface area contributed by atoms with Crippen LogP contribution >= 0.6 is 0 Å². The van der Waals surface area contributed by atoms with Crippen molar-refractivity contribution >= 4 is 0 Å². The fourth-order valence-electron chi connectivity index (χ4n) is 4.02. The van der Waals surface area contributed by atoms with Gasteiger partial charge in [-0.1, -0.05) is 51.1 Å². The van der Waals surface area contributed by atoms with E-state index >= 15 is 0 Å². The summed E-state index contributed by atoms with van der Waals surface area (Å²) in [4.78, 5) is 2.75. The first kappa shape index (κ1) is 16.5. The van der Waals surface area contributed by atoms with Crippen molar-refractivity contribution in [2.24, 2.45) is 11.8 Å². The molecule has 1 saturated heterocycles. The van der Waals surface area contributed by atoms with Gasteiger partial charge < -0.3 is 5.32 Å². The lowest BCUT2D eigenvalue weighted by Crippen LogP contribution is -2.53. The van der Waals surface area contributed by atoms with Crippen LogP contribution in [-0.2, 0) is 0 Å². The lowest BCUT2D eigenvalue weighted by molar-refractivity contribution is 0.0391. The summed E-state index contributed by atoms with van der Waals surface area (Å²) >= 11 is 0. The number of hydrogen-bond acceptors (Lipinski definition) is 2.